The smallest absolute Gasteiger partial charge is 0.317 e. The predicted octanol–water partition coefficient (Wildman–Crippen LogP) is -0.223. The van der Waals surface area contributed by atoms with Crippen molar-refractivity contribution < 1.29 is 35.4 Å². The van der Waals surface area contributed by atoms with Crippen LogP contribution in [0.3, 0.4) is 0 Å². The Morgan fingerprint density at radius 3 is 2.55 bits per heavy atom. The summed E-state index contributed by atoms with van der Waals surface area (Å²) in [5, 5.41) is 19.5. The second-order valence-electron chi connectivity index (χ2n) is 2.08. The van der Waals surface area contributed by atoms with Gasteiger partial charge in [0.15, 0.2) is 0 Å². The number of hydrogen-bond donors (Lipinski definition) is 3. The Morgan fingerprint density at radius 1 is 1.64 bits per heavy atom. The Labute approximate surface area is 79.6 Å². The zero-order chi connectivity index (χ0) is 7.98. The molecular formula is C6H13NO3Pd. The fourth-order valence-electron chi connectivity index (χ4n) is 0.581. The van der Waals surface area contributed by atoms with E-state index >= 15 is 0 Å². The van der Waals surface area contributed by atoms with Crippen LogP contribution in [-0.2, 0) is 25.2 Å². The first-order chi connectivity index (χ1) is 4.66. The van der Waals surface area contributed by atoms with Crippen molar-refractivity contribution in [3.05, 3.63) is 0 Å². The maximum atomic E-state index is 9.93. The minimum atomic E-state index is -0.949. The molecule has 0 saturated heterocycles. The number of aliphatic carboxylic acids is 1. The van der Waals surface area contributed by atoms with Gasteiger partial charge in [0, 0.05) is 20.4 Å². The van der Waals surface area contributed by atoms with Crippen molar-refractivity contribution >= 4 is 5.97 Å². The van der Waals surface area contributed by atoms with Gasteiger partial charge >= 0.3 is 5.97 Å². The fourth-order valence-corrected chi connectivity index (χ4v) is 0.581. The van der Waals surface area contributed by atoms with Gasteiger partial charge in [0.25, 0.3) is 0 Å². The van der Waals surface area contributed by atoms with E-state index in [2.05, 4.69) is 5.32 Å². The quantitative estimate of drug-likeness (QED) is 0.468. The summed E-state index contributed by atoms with van der Waals surface area (Å²) in [7, 11) is 0. The molecule has 0 heterocycles. The number of aliphatic hydroxyl groups is 1. The molecule has 0 aliphatic carbocycles. The SMILES string of the molecule is CCCC(O)NCC(=O)O.[Pd]. The van der Waals surface area contributed by atoms with Crippen molar-refractivity contribution in [1.29, 1.82) is 0 Å². The zero-order valence-corrected chi connectivity index (χ0v) is 7.87. The van der Waals surface area contributed by atoms with Crippen LogP contribution in [0, 0.1) is 0 Å². The van der Waals surface area contributed by atoms with E-state index in [1.54, 1.807) is 0 Å². The van der Waals surface area contributed by atoms with Crippen molar-refractivity contribution in [2.45, 2.75) is 26.0 Å². The Hall–Kier alpha value is 0.0523. The average Bonchev–Trinajstić information content (AvgIpc) is 1.85. The molecule has 0 fully saturated rings. The molecular weight excluding hydrogens is 240 g/mol. The number of rotatable bonds is 5. The van der Waals surface area contributed by atoms with Crippen molar-refractivity contribution in [2.75, 3.05) is 6.54 Å². The predicted molar refractivity (Wildman–Crippen MR) is 36.6 cm³/mol. The van der Waals surface area contributed by atoms with E-state index in [-0.39, 0.29) is 27.0 Å². The summed E-state index contributed by atoms with van der Waals surface area (Å²) in [6.07, 6.45) is 0.752. The summed E-state index contributed by atoms with van der Waals surface area (Å²) >= 11 is 0. The molecule has 1 atom stereocenters. The fraction of sp³-hybridized carbons (Fsp3) is 0.833. The molecule has 0 amide bonds. The summed E-state index contributed by atoms with van der Waals surface area (Å²) < 4.78 is 0. The van der Waals surface area contributed by atoms with Gasteiger partial charge in [-0.05, 0) is 6.42 Å². The zero-order valence-electron chi connectivity index (χ0n) is 6.32. The van der Waals surface area contributed by atoms with Gasteiger partial charge in [-0.2, -0.15) is 0 Å². The molecule has 0 radical (unpaired) electrons. The van der Waals surface area contributed by atoms with E-state index in [0.29, 0.717) is 6.42 Å². The van der Waals surface area contributed by atoms with E-state index in [1.165, 1.54) is 0 Å². The van der Waals surface area contributed by atoms with E-state index in [9.17, 15) is 4.79 Å². The minimum Gasteiger partial charge on any atom is -0.480 e. The molecule has 0 bridgehead atoms. The summed E-state index contributed by atoms with van der Waals surface area (Å²) in [6.45, 7) is 1.74. The van der Waals surface area contributed by atoms with E-state index in [4.69, 9.17) is 10.2 Å². The largest absolute Gasteiger partial charge is 0.480 e. The first-order valence-electron chi connectivity index (χ1n) is 3.30. The Bertz CT molecular complexity index is 110. The molecule has 0 aromatic heterocycles. The summed E-state index contributed by atoms with van der Waals surface area (Å²) in [5.41, 5.74) is 0. The standard InChI is InChI=1S/C6H13NO3.Pd/c1-2-3-5(8)7-4-6(9)10;/h5,7-8H,2-4H2,1H3,(H,9,10);. The van der Waals surface area contributed by atoms with Crippen LogP contribution in [0.25, 0.3) is 0 Å². The third-order valence-electron chi connectivity index (χ3n) is 1.05. The molecule has 0 aromatic rings. The molecule has 0 aromatic carbocycles. The van der Waals surface area contributed by atoms with Gasteiger partial charge in [-0.3, -0.25) is 10.1 Å². The third-order valence-corrected chi connectivity index (χ3v) is 1.05. The Kier molecular flexibility index (Phi) is 10.1. The van der Waals surface area contributed by atoms with Gasteiger partial charge in [-0.15, -0.1) is 0 Å². The second kappa shape index (κ2) is 8.15. The van der Waals surface area contributed by atoms with E-state index < -0.39 is 12.2 Å². The summed E-state index contributed by atoms with van der Waals surface area (Å²) in [4.78, 5) is 9.93. The molecule has 0 saturated carbocycles. The van der Waals surface area contributed by atoms with Gasteiger partial charge < -0.3 is 10.2 Å². The van der Waals surface area contributed by atoms with Crippen LogP contribution in [0.1, 0.15) is 19.8 Å². The molecule has 5 heteroatoms. The maximum absolute atomic E-state index is 9.93. The molecule has 0 aliphatic rings. The first-order valence-corrected chi connectivity index (χ1v) is 3.30. The van der Waals surface area contributed by atoms with Crippen molar-refractivity contribution in [3.63, 3.8) is 0 Å². The van der Waals surface area contributed by atoms with Crippen molar-refractivity contribution in [1.82, 2.24) is 5.32 Å². The van der Waals surface area contributed by atoms with E-state index in [0.717, 1.165) is 6.42 Å². The monoisotopic (exact) mass is 253 g/mol. The van der Waals surface area contributed by atoms with Crippen molar-refractivity contribution in [2.24, 2.45) is 0 Å². The number of carbonyl (C=O) groups is 1. The molecule has 70 valence electrons. The topological polar surface area (TPSA) is 69.6 Å². The Balaban J connectivity index is 0. The molecule has 0 aliphatic heterocycles. The summed E-state index contributed by atoms with van der Waals surface area (Å²) in [5.74, 6) is -0.949. The van der Waals surface area contributed by atoms with Gasteiger partial charge in [0.05, 0.1) is 6.54 Å². The number of carboxylic acid groups (broad SMARTS) is 1. The molecule has 3 N–H and O–H groups in total. The third kappa shape index (κ3) is 10.1. The first kappa shape index (κ1) is 13.6. The molecule has 0 rings (SSSR count). The average molecular weight is 254 g/mol. The van der Waals surface area contributed by atoms with Crippen LogP contribution in [0.4, 0.5) is 0 Å². The van der Waals surface area contributed by atoms with Crippen LogP contribution in [0.2, 0.25) is 0 Å². The van der Waals surface area contributed by atoms with Crippen LogP contribution in [0.5, 0.6) is 0 Å². The van der Waals surface area contributed by atoms with Gasteiger partial charge in [-0.1, -0.05) is 13.3 Å². The van der Waals surface area contributed by atoms with Crippen LogP contribution < -0.4 is 5.32 Å². The van der Waals surface area contributed by atoms with Gasteiger partial charge in [0.2, 0.25) is 0 Å². The molecule has 0 spiro atoms. The summed E-state index contributed by atoms with van der Waals surface area (Å²) in [6, 6.07) is 0. The Morgan fingerprint density at radius 2 is 2.18 bits per heavy atom. The molecule has 11 heavy (non-hydrogen) atoms. The molecule has 4 nitrogen and oxygen atoms in total. The number of hydrogen-bond acceptors (Lipinski definition) is 3. The number of nitrogens with one attached hydrogen (secondary N) is 1. The van der Waals surface area contributed by atoms with Crippen LogP contribution in [-0.4, -0.2) is 29.0 Å². The second-order valence-corrected chi connectivity index (χ2v) is 2.08. The number of aliphatic hydroxyl groups excluding tert-OH is 1. The van der Waals surface area contributed by atoms with Gasteiger partial charge in [0.1, 0.15) is 6.23 Å². The van der Waals surface area contributed by atoms with E-state index in [1.807, 2.05) is 6.92 Å². The minimum absolute atomic E-state index is 0. The van der Waals surface area contributed by atoms with Crippen molar-refractivity contribution in [3.8, 4) is 0 Å². The van der Waals surface area contributed by atoms with Gasteiger partial charge in [-0.25, -0.2) is 0 Å². The van der Waals surface area contributed by atoms with Crippen LogP contribution >= 0.6 is 0 Å². The number of carboxylic acids is 1. The van der Waals surface area contributed by atoms with Crippen LogP contribution in [0.15, 0.2) is 0 Å². The maximum Gasteiger partial charge on any atom is 0.317 e. The molecule has 1 unspecified atom stereocenters. The normalized spacial score (nSPS) is 11.8.